The Kier molecular flexibility index (Phi) is 4.53. The van der Waals surface area contributed by atoms with Gasteiger partial charge in [-0.05, 0) is 23.8 Å². The maximum Gasteiger partial charge on any atom is 0.331 e. The summed E-state index contributed by atoms with van der Waals surface area (Å²) < 4.78 is 10.7. The van der Waals surface area contributed by atoms with Gasteiger partial charge in [-0.25, -0.2) is 4.79 Å². The lowest BCUT2D eigenvalue weighted by Gasteiger charge is -2.28. The fourth-order valence-electron chi connectivity index (χ4n) is 4.43. The van der Waals surface area contributed by atoms with Gasteiger partial charge in [0.2, 0.25) is 0 Å². The van der Waals surface area contributed by atoms with Crippen LogP contribution in [0.5, 0.6) is 5.75 Å². The maximum absolute atomic E-state index is 13.3. The quantitative estimate of drug-likeness (QED) is 0.522. The van der Waals surface area contributed by atoms with E-state index in [1.165, 1.54) is 11.6 Å². The molecular weight excluding hydrogens is 418 g/mol. The van der Waals surface area contributed by atoms with Crippen LogP contribution in [0.1, 0.15) is 17.4 Å². The lowest BCUT2D eigenvalue weighted by atomic mass is 10.0. The van der Waals surface area contributed by atoms with Crippen LogP contribution in [0.15, 0.2) is 58.1 Å². The largest absolute Gasteiger partial charge is 0.508 e. The molecule has 7 nitrogen and oxygen atoms in total. The smallest absolute Gasteiger partial charge is 0.331 e. The van der Waals surface area contributed by atoms with Crippen molar-refractivity contribution in [3.05, 3.63) is 85.6 Å². The molecule has 0 amide bonds. The van der Waals surface area contributed by atoms with Gasteiger partial charge in [0, 0.05) is 31.2 Å². The number of aryl methyl sites for hydroxylation is 1. The second-order valence-electron chi connectivity index (χ2n) is 7.63. The summed E-state index contributed by atoms with van der Waals surface area (Å²) in [6, 6.07) is 14.2. The average molecular weight is 438 g/mol. The first kappa shape index (κ1) is 19.7. The fraction of sp³-hybridized carbons (Fsp3) is 0.217. The highest BCUT2D eigenvalue weighted by molar-refractivity contribution is 6.30. The molecule has 0 fully saturated rings. The van der Waals surface area contributed by atoms with Crippen molar-refractivity contribution in [2.45, 2.75) is 12.6 Å². The Hall–Kier alpha value is -3.29. The molecule has 0 aliphatic carbocycles. The third kappa shape index (κ3) is 2.85. The summed E-state index contributed by atoms with van der Waals surface area (Å²) in [7, 11) is 3.12. The van der Waals surface area contributed by atoms with Crippen molar-refractivity contribution in [2.24, 2.45) is 14.1 Å². The summed E-state index contributed by atoms with van der Waals surface area (Å²) in [5.41, 5.74) is 2.49. The maximum atomic E-state index is 13.3. The molecule has 5 rings (SSSR count). The van der Waals surface area contributed by atoms with E-state index in [2.05, 4.69) is 0 Å². The van der Waals surface area contributed by atoms with E-state index >= 15 is 0 Å². The molecule has 1 aliphatic rings. The van der Waals surface area contributed by atoms with Crippen LogP contribution in [0.3, 0.4) is 0 Å². The molecule has 8 heteroatoms. The van der Waals surface area contributed by atoms with Gasteiger partial charge in [0.1, 0.15) is 11.9 Å². The predicted octanol–water partition coefficient (Wildman–Crippen LogP) is 3.18. The molecular formula is C23H20ClN3O4. The van der Waals surface area contributed by atoms with Gasteiger partial charge < -0.3 is 14.4 Å². The van der Waals surface area contributed by atoms with Gasteiger partial charge in [-0.2, -0.15) is 0 Å². The number of ether oxygens (including phenoxy) is 1. The molecule has 0 radical (unpaired) electrons. The molecule has 158 valence electrons. The van der Waals surface area contributed by atoms with Gasteiger partial charge in [-0.1, -0.05) is 41.9 Å². The van der Waals surface area contributed by atoms with E-state index in [9.17, 15) is 14.7 Å². The van der Waals surface area contributed by atoms with Crippen molar-refractivity contribution in [3.63, 3.8) is 0 Å². The van der Waals surface area contributed by atoms with Gasteiger partial charge in [-0.3, -0.25) is 13.9 Å². The van der Waals surface area contributed by atoms with Crippen LogP contribution in [-0.2, 0) is 25.4 Å². The number of para-hydroxylation sites is 1. The minimum absolute atomic E-state index is 0.0946. The zero-order valence-electron chi connectivity index (χ0n) is 17.0. The topological polar surface area (TPSA) is 78.4 Å². The molecule has 0 bridgehead atoms. The number of hydrogen-bond donors (Lipinski definition) is 1. The summed E-state index contributed by atoms with van der Waals surface area (Å²) in [5.74, 6) is 0.0946. The number of phenols is 1. The van der Waals surface area contributed by atoms with E-state index in [0.717, 1.165) is 10.1 Å². The summed E-state index contributed by atoms with van der Waals surface area (Å²) in [5, 5.41) is 11.5. The molecule has 2 aromatic carbocycles. The molecule has 31 heavy (non-hydrogen) atoms. The van der Waals surface area contributed by atoms with Crippen molar-refractivity contribution in [1.29, 1.82) is 0 Å². The van der Waals surface area contributed by atoms with Gasteiger partial charge in [0.15, 0.2) is 0 Å². The first-order valence-corrected chi connectivity index (χ1v) is 10.3. The SMILES string of the molecule is Cn1c(=O)c2c(-c3ccc(Cl)cc3)n3c(c2n(C)c1=O)C(c1ccccc1O)OCC3. The van der Waals surface area contributed by atoms with Crippen LogP contribution in [0.25, 0.3) is 22.2 Å². The van der Waals surface area contributed by atoms with Crippen LogP contribution in [0.4, 0.5) is 0 Å². The summed E-state index contributed by atoms with van der Waals surface area (Å²) in [6.45, 7) is 0.894. The summed E-state index contributed by atoms with van der Waals surface area (Å²) in [4.78, 5) is 26.1. The molecule has 2 aromatic heterocycles. The third-order valence-corrected chi connectivity index (χ3v) is 6.14. The van der Waals surface area contributed by atoms with Crippen molar-refractivity contribution in [3.8, 4) is 17.0 Å². The van der Waals surface area contributed by atoms with Gasteiger partial charge in [-0.15, -0.1) is 0 Å². The summed E-state index contributed by atoms with van der Waals surface area (Å²) in [6.07, 6.45) is -0.629. The van der Waals surface area contributed by atoms with Crippen LogP contribution >= 0.6 is 11.6 Å². The van der Waals surface area contributed by atoms with Crippen molar-refractivity contribution in [2.75, 3.05) is 6.61 Å². The van der Waals surface area contributed by atoms with E-state index in [1.54, 1.807) is 37.4 Å². The minimum Gasteiger partial charge on any atom is -0.508 e. The van der Waals surface area contributed by atoms with Crippen molar-refractivity contribution < 1.29 is 9.84 Å². The van der Waals surface area contributed by atoms with Crippen LogP contribution < -0.4 is 11.2 Å². The molecule has 0 saturated carbocycles. The highest BCUT2D eigenvalue weighted by Crippen LogP contribution is 2.42. The van der Waals surface area contributed by atoms with E-state index < -0.39 is 11.8 Å². The molecule has 1 atom stereocenters. The van der Waals surface area contributed by atoms with Gasteiger partial charge in [0.25, 0.3) is 5.56 Å². The van der Waals surface area contributed by atoms with Crippen molar-refractivity contribution >= 4 is 22.5 Å². The normalized spacial score (nSPS) is 15.9. The number of hydrogen-bond acceptors (Lipinski definition) is 4. The first-order chi connectivity index (χ1) is 14.9. The van der Waals surface area contributed by atoms with E-state index in [0.29, 0.717) is 46.0 Å². The van der Waals surface area contributed by atoms with Gasteiger partial charge in [0.05, 0.1) is 28.9 Å². The monoisotopic (exact) mass is 437 g/mol. The molecule has 3 heterocycles. The fourth-order valence-corrected chi connectivity index (χ4v) is 4.56. The molecule has 1 aliphatic heterocycles. The number of fused-ring (bicyclic) bond motifs is 3. The van der Waals surface area contributed by atoms with Crippen LogP contribution in [0, 0.1) is 0 Å². The average Bonchev–Trinajstić information content (AvgIpc) is 3.13. The Morgan fingerprint density at radius 1 is 1.03 bits per heavy atom. The van der Waals surface area contributed by atoms with Gasteiger partial charge >= 0.3 is 5.69 Å². The van der Waals surface area contributed by atoms with E-state index in [4.69, 9.17) is 16.3 Å². The number of aromatic hydroxyl groups is 1. The Bertz CT molecular complexity index is 1450. The lowest BCUT2D eigenvalue weighted by Crippen LogP contribution is -2.37. The highest BCUT2D eigenvalue weighted by Gasteiger charge is 2.34. The number of rotatable bonds is 2. The Labute approximate surface area is 182 Å². The Morgan fingerprint density at radius 2 is 1.74 bits per heavy atom. The Morgan fingerprint density at radius 3 is 2.45 bits per heavy atom. The lowest BCUT2D eigenvalue weighted by molar-refractivity contribution is 0.0464. The zero-order valence-corrected chi connectivity index (χ0v) is 17.8. The number of aromatic nitrogens is 3. The number of benzene rings is 2. The second-order valence-corrected chi connectivity index (χ2v) is 8.07. The number of phenolic OH excluding ortho intramolecular Hbond substituents is 1. The first-order valence-electron chi connectivity index (χ1n) is 9.87. The number of nitrogens with zero attached hydrogens (tertiary/aromatic N) is 3. The van der Waals surface area contributed by atoms with Crippen LogP contribution in [0.2, 0.25) is 5.02 Å². The molecule has 0 spiro atoms. The molecule has 4 aromatic rings. The zero-order chi connectivity index (χ0) is 21.9. The highest BCUT2D eigenvalue weighted by atomic mass is 35.5. The second kappa shape index (κ2) is 7.14. The van der Waals surface area contributed by atoms with E-state index in [-0.39, 0.29) is 11.3 Å². The predicted molar refractivity (Wildman–Crippen MR) is 119 cm³/mol. The molecule has 0 saturated heterocycles. The third-order valence-electron chi connectivity index (χ3n) is 5.89. The van der Waals surface area contributed by atoms with Crippen molar-refractivity contribution in [1.82, 2.24) is 13.7 Å². The minimum atomic E-state index is -0.629. The number of halogens is 1. The standard InChI is InChI=1S/C23H20ClN3O4/c1-25-19-17(22(29)26(2)23(25)30)18(13-7-9-14(24)10-8-13)27-11-12-31-21(20(19)27)15-5-3-4-6-16(15)28/h3-10,21,28H,11-12H2,1-2H3. The summed E-state index contributed by atoms with van der Waals surface area (Å²) >= 11 is 6.09. The van der Waals surface area contributed by atoms with Crippen LogP contribution in [-0.4, -0.2) is 25.4 Å². The Balaban J connectivity index is 1.96. The van der Waals surface area contributed by atoms with E-state index in [1.807, 2.05) is 22.8 Å². The molecule has 1 N–H and O–H groups in total. The molecule has 1 unspecified atom stereocenters.